The number of rotatable bonds is 9. The molecule has 2 aliphatic heterocycles. The van der Waals surface area contributed by atoms with Crippen LogP contribution in [0.5, 0.6) is 11.5 Å². The Kier molecular flexibility index (Phi) is 8.02. The van der Waals surface area contributed by atoms with E-state index in [9.17, 15) is 14.7 Å². The molecule has 0 radical (unpaired) electrons. The minimum atomic E-state index is -1.05. The highest BCUT2D eigenvalue weighted by Gasteiger charge is 2.73. The van der Waals surface area contributed by atoms with E-state index in [-0.39, 0.29) is 23.9 Å². The number of carbonyl (C=O) groups excluding carboxylic acids is 2. The van der Waals surface area contributed by atoms with Gasteiger partial charge in [0.2, 0.25) is 5.91 Å². The first-order valence-electron chi connectivity index (χ1n) is 16.8. The number of likely N-dealkylation sites (tertiary alicyclic amines) is 1. The van der Waals surface area contributed by atoms with Crippen LogP contribution in [0, 0.1) is 5.92 Å². The van der Waals surface area contributed by atoms with Crippen LogP contribution in [0.3, 0.4) is 0 Å². The van der Waals surface area contributed by atoms with Crippen molar-refractivity contribution in [2.45, 2.75) is 82.1 Å². The van der Waals surface area contributed by atoms with E-state index in [1.165, 1.54) is 12.5 Å². The summed E-state index contributed by atoms with van der Waals surface area (Å²) in [5, 5.41) is 13.1. The van der Waals surface area contributed by atoms with Crippen LogP contribution in [-0.2, 0) is 27.8 Å². The summed E-state index contributed by atoms with van der Waals surface area (Å²) >= 11 is 0. The number of ether oxygens (including phenoxy) is 2. The number of piperidine rings is 1. The maximum atomic E-state index is 14.1. The second-order valence-electron chi connectivity index (χ2n) is 13.9. The zero-order valence-corrected chi connectivity index (χ0v) is 27.0. The van der Waals surface area contributed by atoms with Crippen LogP contribution in [0.2, 0.25) is 0 Å². The summed E-state index contributed by atoms with van der Waals surface area (Å²) in [5.41, 5.74) is 2.61. The third kappa shape index (κ3) is 5.05. The Labute approximate surface area is 271 Å². The maximum absolute atomic E-state index is 14.1. The highest BCUT2D eigenvalue weighted by molar-refractivity contribution is 5.92. The number of aliphatic hydroxyl groups is 1. The molecule has 5 atom stereocenters. The molecule has 4 aliphatic rings. The van der Waals surface area contributed by atoms with Gasteiger partial charge in [0.15, 0.2) is 11.5 Å². The first-order valence-corrected chi connectivity index (χ1v) is 16.8. The fourth-order valence-corrected chi connectivity index (χ4v) is 8.94. The molecule has 1 N–H and O–H groups in total. The van der Waals surface area contributed by atoms with E-state index in [1.807, 2.05) is 53.4 Å². The summed E-state index contributed by atoms with van der Waals surface area (Å²) in [6, 6.07) is 23.9. The lowest BCUT2D eigenvalue weighted by atomic mass is 9.48. The third-order valence-electron chi connectivity index (χ3n) is 10.8. The molecule has 3 aromatic carbocycles. The van der Waals surface area contributed by atoms with Gasteiger partial charge in [0.1, 0.15) is 6.10 Å². The summed E-state index contributed by atoms with van der Waals surface area (Å²) in [5.74, 6) is 0.730. The van der Waals surface area contributed by atoms with Crippen LogP contribution < -0.4 is 9.47 Å². The first-order chi connectivity index (χ1) is 22.2. The number of benzene rings is 3. The Morgan fingerprint density at radius 3 is 2.52 bits per heavy atom. The Morgan fingerprint density at radius 2 is 1.80 bits per heavy atom. The van der Waals surface area contributed by atoms with Crippen LogP contribution in [0.15, 0.2) is 78.9 Å². The van der Waals surface area contributed by atoms with Gasteiger partial charge >= 0.3 is 5.97 Å². The first kappa shape index (κ1) is 30.7. The SMILES string of the molecule is CC(=O)Oc1ccc2c3c1O[C@H]1[C@@H](N(CC(C)C)C(=O)C=Cc4ccccc4)CC[C@@]4(O)[C@@H](C2)N(CCc2ccccc2)CC[C@]314. The van der Waals surface area contributed by atoms with Gasteiger partial charge in [0.05, 0.1) is 17.1 Å². The van der Waals surface area contributed by atoms with E-state index < -0.39 is 23.1 Å². The van der Waals surface area contributed by atoms with E-state index in [4.69, 9.17) is 9.47 Å². The van der Waals surface area contributed by atoms with E-state index >= 15 is 0 Å². The van der Waals surface area contributed by atoms with E-state index in [2.05, 4.69) is 49.1 Å². The summed E-state index contributed by atoms with van der Waals surface area (Å²) < 4.78 is 12.7. The highest BCUT2D eigenvalue weighted by Crippen LogP contribution is 2.66. The quantitative estimate of drug-likeness (QED) is 0.191. The maximum Gasteiger partial charge on any atom is 0.308 e. The van der Waals surface area contributed by atoms with Crippen LogP contribution in [-0.4, -0.2) is 70.2 Å². The van der Waals surface area contributed by atoms with Crippen molar-refractivity contribution >= 4 is 18.0 Å². The molecule has 2 heterocycles. The van der Waals surface area contributed by atoms with Gasteiger partial charge in [-0.15, -0.1) is 0 Å². The van der Waals surface area contributed by atoms with Crippen molar-refractivity contribution in [2.24, 2.45) is 5.92 Å². The Morgan fingerprint density at radius 1 is 1.07 bits per heavy atom. The van der Waals surface area contributed by atoms with Crippen molar-refractivity contribution in [3.8, 4) is 11.5 Å². The number of hydrogen-bond acceptors (Lipinski definition) is 6. The molecule has 1 amide bonds. The topological polar surface area (TPSA) is 79.3 Å². The Hall–Kier alpha value is -3.94. The average molecular weight is 621 g/mol. The van der Waals surface area contributed by atoms with Gasteiger partial charge in [0, 0.05) is 37.7 Å². The molecule has 1 saturated heterocycles. The highest BCUT2D eigenvalue weighted by atomic mass is 16.6. The lowest BCUT2D eigenvalue weighted by Gasteiger charge is -2.65. The van der Waals surface area contributed by atoms with Crippen molar-refractivity contribution < 1.29 is 24.2 Å². The van der Waals surface area contributed by atoms with Crippen LogP contribution in [0.1, 0.15) is 62.3 Å². The molecule has 1 spiro atoms. The van der Waals surface area contributed by atoms with Crippen LogP contribution in [0.4, 0.5) is 0 Å². The molecule has 240 valence electrons. The smallest absolute Gasteiger partial charge is 0.308 e. The largest absolute Gasteiger partial charge is 0.483 e. The fraction of sp³-hybridized carbons (Fsp3) is 0.436. The minimum Gasteiger partial charge on any atom is -0.483 e. The number of carbonyl (C=O) groups is 2. The standard InChI is InChI=1S/C39H44N2O5/c1-26(2)25-41(34(43)17-14-28-10-6-4-7-11-28)31-18-20-39(44)33-24-30-15-16-32(45-27(3)42)36-35(30)38(39,37(31)46-36)21-23-40(33)22-19-29-12-8-5-9-13-29/h4-17,26,31,33,37,44H,18-25H2,1-3H3/t31-,33+,37-,38-,39+/m0/s1. The van der Waals surface area contributed by atoms with Gasteiger partial charge in [-0.05, 0) is 73.4 Å². The monoisotopic (exact) mass is 620 g/mol. The summed E-state index contributed by atoms with van der Waals surface area (Å²) in [6.45, 7) is 7.90. The Balaban J connectivity index is 1.28. The lowest BCUT2D eigenvalue weighted by Crippen LogP contribution is -2.78. The molecular weight excluding hydrogens is 576 g/mol. The number of hydrogen-bond donors (Lipinski definition) is 1. The van der Waals surface area contributed by atoms with Crippen molar-refractivity contribution in [1.29, 1.82) is 0 Å². The molecule has 2 fully saturated rings. The lowest BCUT2D eigenvalue weighted by molar-refractivity contribution is -0.201. The molecule has 0 aromatic heterocycles. The zero-order chi connectivity index (χ0) is 32.1. The molecule has 2 aliphatic carbocycles. The minimum absolute atomic E-state index is 0.0583. The third-order valence-corrected chi connectivity index (χ3v) is 10.8. The predicted molar refractivity (Wildman–Crippen MR) is 178 cm³/mol. The number of nitrogens with zero attached hydrogens (tertiary/aromatic N) is 2. The summed E-state index contributed by atoms with van der Waals surface area (Å²) in [7, 11) is 0. The second-order valence-corrected chi connectivity index (χ2v) is 13.9. The summed E-state index contributed by atoms with van der Waals surface area (Å²) in [4.78, 5) is 30.7. The molecule has 3 aromatic rings. The molecule has 7 rings (SSSR count). The van der Waals surface area contributed by atoms with Gasteiger partial charge < -0.3 is 19.5 Å². The van der Waals surface area contributed by atoms with Crippen molar-refractivity contribution in [3.05, 3.63) is 101 Å². The molecule has 7 heteroatoms. The van der Waals surface area contributed by atoms with Crippen LogP contribution >= 0.6 is 0 Å². The number of esters is 1. The average Bonchev–Trinajstić information content (AvgIpc) is 3.40. The normalized spacial score (nSPS) is 27.7. The predicted octanol–water partition coefficient (Wildman–Crippen LogP) is 5.58. The zero-order valence-electron chi connectivity index (χ0n) is 27.0. The molecule has 1 saturated carbocycles. The number of amides is 1. The van der Waals surface area contributed by atoms with Crippen molar-refractivity contribution in [2.75, 3.05) is 19.6 Å². The van der Waals surface area contributed by atoms with Crippen molar-refractivity contribution in [1.82, 2.24) is 9.80 Å². The van der Waals surface area contributed by atoms with Crippen molar-refractivity contribution in [3.63, 3.8) is 0 Å². The molecule has 7 nitrogen and oxygen atoms in total. The van der Waals surface area contributed by atoms with E-state index in [0.29, 0.717) is 43.7 Å². The summed E-state index contributed by atoms with van der Waals surface area (Å²) in [6.07, 6.45) is 6.56. The van der Waals surface area contributed by atoms with Crippen LogP contribution in [0.25, 0.3) is 6.08 Å². The fourth-order valence-electron chi connectivity index (χ4n) is 8.94. The molecular formula is C39H44N2O5. The van der Waals surface area contributed by atoms with Gasteiger partial charge in [-0.2, -0.15) is 0 Å². The van der Waals surface area contributed by atoms with Gasteiger partial charge in [-0.1, -0.05) is 80.6 Å². The molecule has 2 bridgehead atoms. The Bertz CT molecular complexity index is 1640. The van der Waals surface area contributed by atoms with E-state index in [1.54, 1.807) is 6.08 Å². The van der Waals surface area contributed by atoms with E-state index in [0.717, 1.165) is 36.2 Å². The molecule has 0 unspecified atom stereocenters. The van der Waals surface area contributed by atoms with Gasteiger partial charge in [-0.3, -0.25) is 14.5 Å². The molecule has 46 heavy (non-hydrogen) atoms. The second kappa shape index (κ2) is 12.0. The van der Waals surface area contributed by atoms with Gasteiger partial charge in [-0.25, -0.2) is 0 Å². The van der Waals surface area contributed by atoms with Gasteiger partial charge in [0.25, 0.3) is 0 Å².